The lowest BCUT2D eigenvalue weighted by Crippen LogP contribution is -2.37. The van der Waals surface area contributed by atoms with E-state index in [4.69, 9.17) is 16.3 Å². The number of nitrogens with zero attached hydrogens (tertiary/aromatic N) is 3. The van der Waals surface area contributed by atoms with Crippen molar-refractivity contribution in [2.45, 2.75) is 18.9 Å². The van der Waals surface area contributed by atoms with E-state index in [1.165, 1.54) is 0 Å². The fraction of sp³-hybridized carbons (Fsp3) is 0.500. The Balaban J connectivity index is 1.97. The molecule has 2 aromatic rings. The van der Waals surface area contributed by atoms with Crippen LogP contribution in [0.2, 0.25) is 5.02 Å². The van der Waals surface area contributed by atoms with Crippen molar-refractivity contribution in [1.82, 2.24) is 15.2 Å². The number of H-pyrrole nitrogens is 1. The molecule has 1 aliphatic heterocycles. The highest BCUT2D eigenvalue weighted by atomic mass is 127. The van der Waals surface area contributed by atoms with Crippen LogP contribution < -0.4 is 4.90 Å². The average molecular weight is 393 g/mol. The molecule has 1 N–H and O–H groups in total. The summed E-state index contributed by atoms with van der Waals surface area (Å²) in [6.07, 6.45) is 3.84. The molecule has 1 saturated heterocycles. The average Bonchev–Trinajstić information content (AvgIpc) is 2.82. The molecule has 1 aliphatic rings. The summed E-state index contributed by atoms with van der Waals surface area (Å²) in [7, 11) is 2.04. The molecule has 5 nitrogen and oxygen atoms in total. The smallest absolute Gasteiger partial charge is 0.149 e. The van der Waals surface area contributed by atoms with Crippen molar-refractivity contribution in [3.63, 3.8) is 0 Å². The van der Waals surface area contributed by atoms with Crippen LogP contribution in [0.25, 0.3) is 10.9 Å². The van der Waals surface area contributed by atoms with Crippen LogP contribution in [-0.4, -0.2) is 41.5 Å². The minimum absolute atomic E-state index is 0.425. The first kappa shape index (κ1) is 13.4. The molecule has 0 amide bonds. The van der Waals surface area contributed by atoms with Gasteiger partial charge in [-0.2, -0.15) is 5.10 Å². The first-order valence-electron chi connectivity index (χ1n) is 6.17. The topological polar surface area (TPSA) is 54.0 Å². The van der Waals surface area contributed by atoms with Gasteiger partial charge in [-0.05, 0) is 35.4 Å². The number of anilines is 1. The van der Waals surface area contributed by atoms with E-state index >= 15 is 0 Å². The van der Waals surface area contributed by atoms with Gasteiger partial charge in [0, 0.05) is 32.5 Å². The van der Waals surface area contributed by atoms with Crippen molar-refractivity contribution >= 4 is 50.9 Å². The summed E-state index contributed by atoms with van der Waals surface area (Å²) in [4.78, 5) is 6.65. The summed E-state index contributed by atoms with van der Waals surface area (Å²) in [5, 5.41) is 8.77. The zero-order valence-corrected chi connectivity index (χ0v) is 13.4. The van der Waals surface area contributed by atoms with Crippen molar-refractivity contribution in [1.29, 1.82) is 0 Å². The van der Waals surface area contributed by atoms with Gasteiger partial charge in [0.15, 0.2) is 0 Å². The number of ether oxygens (including phenoxy) is 1. The molecule has 3 heterocycles. The lowest BCUT2D eigenvalue weighted by atomic mass is 10.1. The third-order valence-corrected chi connectivity index (χ3v) is 4.72. The summed E-state index contributed by atoms with van der Waals surface area (Å²) in [5.74, 6) is 0.795. The zero-order valence-electron chi connectivity index (χ0n) is 10.5. The van der Waals surface area contributed by atoms with Crippen molar-refractivity contribution in [2.24, 2.45) is 0 Å². The van der Waals surface area contributed by atoms with E-state index in [0.717, 1.165) is 46.5 Å². The second kappa shape index (κ2) is 5.41. The lowest BCUT2D eigenvalue weighted by molar-refractivity contribution is 0.0853. The number of rotatable bonds is 2. The second-order valence-electron chi connectivity index (χ2n) is 4.65. The molecule has 0 aromatic carbocycles. The van der Waals surface area contributed by atoms with Gasteiger partial charge in [-0.1, -0.05) is 11.6 Å². The zero-order chi connectivity index (χ0) is 13.4. The maximum Gasteiger partial charge on any atom is 0.149 e. The monoisotopic (exact) mass is 392 g/mol. The van der Waals surface area contributed by atoms with Crippen molar-refractivity contribution < 1.29 is 4.74 Å². The van der Waals surface area contributed by atoms with Crippen molar-refractivity contribution in [2.75, 3.05) is 25.2 Å². The third-order valence-electron chi connectivity index (χ3n) is 3.55. The highest BCUT2D eigenvalue weighted by molar-refractivity contribution is 14.1. The Labute approximate surface area is 129 Å². The molecule has 0 spiro atoms. The number of halogens is 2. The molecule has 0 saturated carbocycles. The Hall–Kier alpha value is -0.600. The summed E-state index contributed by atoms with van der Waals surface area (Å²) >= 11 is 8.64. The lowest BCUT2D eigenvalue weighted by Gasteiger charge is -2.32. The normalized spacial score (nSPS) is 17.0. The Bertz CT molecular complexity index is 597. The van der Waals surface area contributed by atoms with E-state index < -0.39 is 0 Å². The highest BCUT2D eigenvalue weighted by Gasteiger charge is 2.23. The van der Waals surface area contributed by atoms with Gasteiger partial charge in [0.1, 0.15) is 20.1 Å². The van der Waals surface area contributed by atoms with Crippen LogP contribution in [0.15, 0.2) is 6.20 Å². The largest absolute Gasteiger partial charge is 0.381 e. The SMILES string of the molecule is CN(c1ncc2c(I)[nH]nc2c1Cl)C1CCOCC1. The van der Waals surface area contributed by atoms with E-state index in [0.29, 0.717) is 11.1 Å². The minimum Gasteiger partial charge on any atom is -0.381 e. The Morgan fingerprint density at radius 3 is 2.95 bits per heavy atom. The number of aromatic amines is 1. The van der Waals surface area contributed by atoms with Crippen LogP contribution in [0.1, 0.15) is 12.8 Å². The summed E-state index contributed by atoms with van der Waals surface area (Å²) in [6.45, 7) is 1.60. The minimum atomic E-state index is 0.425. The Kier molecular flexibility index (Phi) is 3.81. The number of hydrogen-bond acceptors (Lipinski definition) is 4. The van der Waals surface area contributed by atoms with Crippen LogP contribution >= 0.6 is 34.2 Å². The fourth-order valence-electron chi connectivity index (χ4n) is 2.39. The van der Waals surface area contributed by atoms with Gasteiger partial charge >= 0.3 is 0 Å². The van der Waals surface area contributed by atoms with Gasteiger partial charge < -0.3 is 9.64 Å². The van der Waals surface area contributed by atoms with Gasteiger partial charge in [0.2, 0.25) is 0 Å². The maximum absolute atomic E-state index is 6.45. The number of aromatic nitrogens is 3. The van der Waals surface area contributed by atoms with Gasteiger partial charge in [0.25, 0.3) is 0 Å². The fourth-order valence-corrected chi connectivity index (χ4v) is 3.24. The van der Waals surface area contributed by atoms with Gasteiger partial charge in [-0.15, -0.1) is 0 Å². The summed E-state index contributed by atoms with van der Waals surface area (Å²) in [5.41, 5.74) is 0.787. The van der Waals surface area contributed by atoms with Gasteiger partial charge in [-0.3, -0.25) is 5.10 Å². The standard InChI is InChI=1S/C12H14ClIN4O/c1-18(7-2-4-19-5-3-7)12-9(13)10-8(6-15-12)11(14)17-16-10/h6-7H,2-5H2,1H3,(H,16,17). The van der Waals surface area contributed by atoms with Gasteiger partial charge in [-0.25, -0.2) is 4.98 Å². The Morgan fingerprint density at radius 2 is 2.21 bits per heavy atom. The number of nitrogens with one attached hydrogen (secondary N) is 1. The second-order valence-corrected chi connectivity index (χ2v) is 6.11. The van der Waals surface area contributed by atoms with Crippen LogP contribution in [0.3, 0.4) is 0 Å². The van der Waals surface area contributed by atoms with E-state index in [9.17, 15) is 0 Å². The molecule has 0 unspecified atom stereocenters. The molecule has 0 aliphatic carbocycles. The number of fused-ring (bicyclic) bond motifs is 1. The van der Waals surface area contributed by atoms with Gasteiger partial charge in [0.05, 0.1) is 5.39 Å². The number of pyridine rings is 1. The first-order chi connectivity index (χ1) is 9.18. The van der Waals surface area contributed by atoms with Crippen molar-refractivity contribution in [3.05, 3.63) is 14.9 Å². The van der Waals surface area contributed by atoms with E-state index in [2.05, 4.69) is 42.7 Å². The molecule has 0 atom stereocenters. The van der Waals surface area contributed by atoms with E-state index in [1.807, 2.05) is 13.2 Å². The third kappa shape index (κ3) is 2.41. The predicted octanol–water partition coefficient (Wildman–Crippen LogP) is 2.83. The molecule has 3 rings (SSSR count). The molecule has 102 valence electrons. The number of hydrogen-bond donors (Lipinski definition) is 1. The molecule has 0 bridgehead atoms. The highest BCUT2D eigenvalue weighted by Crippen LogP contribution is 2.33. The molecule has 2 aromatic heterocycles. The quantitative estimate of drug-likeness (QED) is 0.799. The molecule has 19 heavy (non-hydrogen) atoms. The molecule has 1 fully saturated rings. The maximum atomic E-state index is 6.45. The van der Waals surface area contributed by atoms with Crippen LogP contribution in [0.4, 0.5) is 5.82 Å². The molecular formula is C12H14ClIN4O. The molecule has 0 radical (unpaired) electrons. The van der Waals surface area contributed by atoms with Crippen LogP contribution in [-0.2, 0) is 4.74 Å². The van der Waals surface area contributed by atoms with E-state index in [1.54, 1.807) is 0 Å². The predicted molar refractivity (Wildman–Crippen MR) is 83.9 cm³/mol. The first-order valence-corrected chi connectivity index (χ1v) is 7.63. The Morgan fingerprint density at radius 1 is 1.47 bits per heavy atom. The summed E-state index contributed by atoms with van der Waals surface area (Å²) < 4.78 is 6.35. The van der Waals surface area contributed by atoms with Crippen LogP contribution in [0, 0.1) is 3.70 Å². The van der Waals surface area contributed by atoms with Crippen LogP contribution in [0.5, 0.6) is 0 Å². The van der Waals surface area contributed by atoms with Crippen molar-refractivity contribution in [3.8, 4) is 0 Å². The molecular weight excluding hydrogens is 379 g/mol. The summed E-state index contributed by atoms with van der Waals surface area (Å²) in [6, 6.07) is 0.425. The van der Waals surface area contributed by atoms with E-state index in [-0.39, 0.29) is 0 Å². The molecule has 7 heteroatoms.